The van der Waals surface area contributed by atoms with Crippen molar-refractivity contribution in [1.82, 2.24) is 0 Å². The zero-order valence-electron chi connectivity index (χ0n) is 16.3. The van der Waals surface area contributed by atoms with Gasteiger partial charge in [0.25, 0.3) is 0 Å². The highest BCUT2D eigenvalue weighted by atomic mass is 15.5. The number of nitrogens with zero attached hydrogens (tertiary/aromatic N) is 2. The molecule has 1 aliphatic rings. The summed E-state index contributed by atoms with van der Waals surface area (Å²) in [5.74, 6) is 0. The van der Waals surface area contributed by atoms with E-state index < -0.39 is 0 Å². The lowest BCUT2D eigenvalue weighted by molar-refractivity contribution is 0.791. The van der Waals surface area contributed by atoms with E-state index in [4.69, 9.17) is 5.10 Å². The molecule has 0 saturated carbocycles. The summed E-state index contributed by atoms with van der Waals surface area (Å²) in [6.07, 6.45) is 13.6. The van der Waals surface area contributed by atoms with Crippen LogP contribution in [0.15, 0.2) is 120 Å². The Morgan fingerprint density at radius 2 is 1.21 bits per heavy atom. The lowest BCUT2D eigenvalue weighted by Crippen LogP contribution is -2.23. The van der Waals surface area contributed by atoms with Crippen LogP contribution in [0.2, 0.25) is 0 Å². The van der Waals surface area contributed by atoms with Crippen molar-refractivity contribution in [2.45, 2.75) is 12.5 Å². The molecule has 1 atom stereocenters. The van der Waals surface area contributed by atoms with Crippen LogP contribution >= 0.6 is 0 Å². The second-order valence-electron chi connectivity index (χ2n) is 6.94. The third-order valence-electron chi connectivity index (χ3n) is 4.79. The fourth-order valence-electron chi connectivity index (χ4n) is 3.32. The summed E-state index contributed by atoms with van der Waals surface area (Å²) < 4.78 is 0. The van der Waals surface area contributed by atoms with Crippen LogP contribution in [0.5, 0.6) is 0 Å². The first-order valence-electron chi connectivity index (χ1n) is 9.93. The van der Waals surface area contributed by atoms with Gasteiger partial charge in [0.2, 0.25) is 0 Å². The molecule has 0 aliphatic carbocycles. The van der Waals surface area contributed by atoms with Crippen LogP contribution in [0.4, 0.5) is 5.69 Å². The standard InChI is InChI=1S/C27H24N2/c1-4-12-23(13-5-1)16-10-11-17-25-22-27(21-20-24-14-6-2-7-15-24)29(28-25)26-18-8-3-9-19-26/h1-21,27H,22H2. The Morgan fingerprint density at radius 3 is 1.86 bits per heavy atom. The van der Waals surface area contributed by atoms with Gasteiger partial charge in [-0.05, 0) is 29.3 Å². The fraction of sp³-hybridized carbons (Fsp3) is 0.0741. The Labute approximate surface area is 172 Å². The predicted molar refractivity (Wildman–Crippen MR) is 125 cm³/mol. The van der Waals surface area contributed by atoms with Crippen LogP contribution in [-0.2, 0) is 0 Å². The van der Waals surface area contributed by atoms with E-state index in [1.807, 2.05) is 30.3 Å². The van der Waals surface area contributed by atoms with Gasteiger partial charge in [0, 0.05) is 6.42 Å². The topological polar surface area (TPSA) is 15.6 Å². The molecule has 29 heavy (non-hydrogen) atoms. The van der Waals surface area contributed by atoms with Crippen molar-refractivity contribution in [2.75, 3.05) is 5.01 Å². The normalized spacial score (nSPS) is 16.9. The molecule has 0 fully saturated rings. The summed E-state index contributed by atoms with van der Waals surface area (Å²) in [7, 11) is 0. The van der Waals surface area contributed by atoms with Crippen molar-refractivity contribution >= 4 is 23.6 Å². The average molecular weight is 377 g/mol. The van der Waals surface area contributed by atoms with Gasteiger partial charge in [-0.3, -0.25) is 5.01 Å². The van der Waals surface area contributed by atoms with E-state index >= 15 is 0 Å². The highest BCUT2D eigenvalue weighted by Crippen LogP contribution is 2.26. The first kappa shape index (κ1) is 18.7. The maximum Gasteiger partial charge on any atom is 0.0765 e. The number of hydrazone groups is 1. The van der Waals surface area contributed by atoms with Crippen LogP contribution in [0, 0.1) is 0 Å². The highest BCUT2D eigenvalue weighted by Gasteiger charge is 2.24. The Hall–Kier alpha value is -3.65. The first-order valence-corrected chi connectivity index (χ1v) is 9.93. The second-order valence-corrected chi connectivity index (χ2v) is 6.94. The van der Waals surface area contributed by atoms with E-state index in [0.717, 1.165) is 17.8 Å². The molecular formula is C27H24N2. The minimum absolute atomic E-state index is 0.204. The van der Waals surface area contributed by atoms with Gasteiger partial charge in [-0.15, -0.1) is 0 Å². The summed E-state index contributed by atoms with van der Waals surface area (Å²) >= 11 is 0. The molecule has 0 spiro atoms. The molecule has 3 aromatic rings. The summed E-state index contributed by atoms with van der Waals surface area (Å²) in [6, 6.07) is 31.3. The fourth-order valence-corrected chi connectivity index (χ4v) is 3.32. The van der Waals surface area contributed by atoms with Crippen LogP contribution in [0.1, 0.15) is 17.5 Å². The van der Waals surface area contributed by atoms with Crippen LogP contribution in [0.3, 0.4) is 0 Å². The molecule has 4 rings (SSSR count). The maximum atomic E-state index is 4.87. The Morgan fingerprint density at radius 1 is 0.655 bits per heavy atom. The van der Waals surface area contributed by atoms with E-state index in [9.17, 15) is 0 Å². The number of allylic oxidation sites excluding steroid dienone is 3. The third-order valence-corrected chi connectivity index (χ3v) is 4.79. The van der Waals surface area contributed by atoms with Gasteiger partial charge in [0.1, 0.15) is 0 Å². The smallest absolute Gasteiger partial charge is 0.0765 e. The molecular weight excluding hydrogens is 352 g/mol. The van der Waals surface area contributed by atoms with Crippen molar-refractivity contribution in [3.05, 3.63) is 126 Å². The number of anilines is 1. The van der Waals surface area contributed by atoms with E-state index in [2.05, 4.69) is 102 Å². The Balaban J connectivity index is 1.50. The third kappa shape index (κ3) is 5.20. The summed E-state index contributed by atoms with van der Waals surface area (Å²) in [5.41, 5.74) is 4.59. The molecule has 0 radical (unpaired) electrons. The van der Waals surface area contributed by atoms with Gasteiger partial charge in [-0.25, -0.2) is 0 Å². The van der Waals surface area contributed by atoms with Crippen LogP contribution in [-0.4, -0.2) is 11.8 Å². The number of rotatable bonds is 6. The minimum atomic E-state index is 0.204. The molecule has 1 unspecified atom stereocenters. The van der Waals surface area contributed by atoms with Crippen molar-refractivity contribution in [3.63, 3.8) is 0 Å². The van der Waals surface area contributed by atoms with Crippen LogP contribution in [0.25, 0.3) is 12.2 Å². The van der Waals surface area contributed by atoms with Gasteiger partial charge >= 0.3 is 0 Å². The van der Waals surface area contributed by atoms with Crippen molar-refractivity contribution < 1.29 is 0 Å². The molecule has 0 saturated heterocycles. The van der Waals surface area contributed by atoms with Crippen molar-refractivity contribution in [1.29, 1.82) is 0 Å². The monoisotopic (exact) mass is 376 g/mol. The molecule has 142 valence electrons. The number of benzene rings is 3. The number of hydrogen-bond acceptors (Lipinski definition) is 2. The van der Waals surface area contributed by atoms with Gasteiger partial charge in [-0.1, -0.05) is 109 Å². The van der Waals surface area contributed by atoms with Crippen molar-refractivity contribution in [2.24, 2.45) is 5.10 Å². The second kappa shape index (κ2) is 9.52. The summed E-state index contributed by atoms with van der Waals surface area (Å²) in [5, 5.41) is 6.99. The zero-order chi connectivity index (χ0) is 19.7. The summed E-state index contributed by atoms with van der Waals surface area (Å²) in [4.78, 5) is 0. The van der Waals surface area contributed by atoms with Gasteiger partial charge in [0.05, 0.1) is 17.4 Å². The molecule has 2 nitrogen and oxygen atoms in total. The largest absolute Gasteiger partial charge is 0.258 e. The average Bonchev–Trinajstić information content (AvgIpc) is 3.20. The molecule has 2 heteroatoms. The van der Waals surface area contributed by atoms with E-state index in [-0.39, 0.29) is 6.04 Å². The predicted octanol–water partition coefficient (Wildman–Crippen LogP) is 6.60. The van der Waals surface area contributed by atoms with E-state index in [1.54, 1.807) is 0 Å². The lowest BCUT2D eigenvalue weighted by Gasteiger charge is -2.20. The van der Waals surface area contributed by atoms with Crippen LogP contribution < -0.4 is 5.01 Å². The quantitative estimate of drug-likeness (QED) is 0.442. The Kier molecular flexibility index (Phi) is 6.14. The lowest BCUT2D eigenvalue weighted by atomic mass is 10.1. The van der Waals surface area contributed by atoms with E-state index in [1.165, 1.54) is 11.1 Å². The van der Waals surface area contributed by atoms with Gasteiger partial charge in [-0.2, -0.15) is 5.10 Å². The maximum absolute atomic E-state index is 4.87. The number of para-hydroxylation sites is 1. The molecule has 0 amide bonds. The molecule has 0 N–H and O–H groups in total. The minimum Gasteiger partial charge on any atom is -0.258 e. The first-order chi connectivity index (χ1) is 14.4. The number of hydrogen-bond donors (Lipinski definition) is 0. The highest BCUT2D eigenvalue weighted by molar-refractivity contribution is 5.98. The Bertz CT molecular complexity index is 1020. The molecule has 3 aromatic carbocycles. The SMILES string of the molecule is C(C=Cc1ccccc1)=CC1=NN(c2ccccc2)C(C=Cc2ccccc2)C1. The zero-order valence-corrected chi connectivity index (χ0v) is 16.3. The molecule has 1 aliphatic heterocycles. The summed E-state index contributed by atoms with van der Waals surface area (Å²) in [6.45, 7) is 0. The van der Waals surface area contributed by atoms with Crippen molar-refractivity contribution in [3.8, 4) is 0 Å². The molecule has 0 bridgehead atoms. The van der Waals surface area contributed by atoms with Gasteiger partial charge < -0.3 is 0 Å². The van der Waals surface area contributed by atoms with Gasteiger partial charge in [0.15, 0.2) is 0 Å². The molecule has 0 aromatic heterocycles. The molecule has 1 heterocycles. The van der Waals surface area contributed by atoms with E-state index in [0.29, 0.717) is 0 Å².